The van der Waals surface area contributed by atoms with Gasteiger partial charge in [-0.2, -0.15) is 0 Å². The number of halogens is 1. The first-order valence-electron chi connectivity index (χ1n) is 8.46. The lowest BCUT2D eigenvalue weighted by atomic mass is 9.98. The third kappa shape index (κ3) is 6.63. The smallest absolute Gasteiger partial charge is 0.191 e. The number of nitrogens with one attached hydrogen (secondary N) is 2. The van der Waals surface area contributed by atoms with Gasteiger partial charge >= 0.3 is 0 Å². The topological polar surface area (TPSA) is 62.2 Å². The van der Waals surface area contributed by atoms with Crippen LogP contribution in [0.2, 0.25) is 5.15 Å². The number of pyridine rings is 1. The second kappa shape index (κ2) is 9.15. The Morgan fingerprint density at radius 1 is 1.28 bits per heavy atom. The minimum Gasteiger partial charge on any atom is -0.357 e. The molecule has 0 unspecified atom stereocenters. The number of hydrogen-bond acceptors (Lipinski definition) is 4. The molecule has 0 aliphatic heterocycles. The van der Waals surface area contributed by atoms with Gasteiger partial charge in [-0.3, -0.25) is 0 Å². The highest BCUT2D eigenvalue weighted by Gasteiger charge is 2.17. The van der Waals surface area contributed by atoms with Crippen molar-refractivity contribution in [3.05, 3.63) is 45.1 Å². The maximum atomic E-state index is 5.81. The molecule has 0 amide bonds. The summed E-state index contributed by atoms with van der Waals surface area (Å²) in [6.45, 7) is 10.8. The summed E-state index contributed by atoms with van der Waals surface area (Å²) < 4.78 is 0. The van der Waals surface area contributed by atoms with E-state index in [1.807, 2.05) is 12.1 Å². The summed E-state index contributed by atoms with van der Waals surface area (Å²) in [4.78, 5) is 13.4. The molecule has 0 saturated carbocycles. The van der Waals surface area contributed by atoms with Crippen molar-refractivity contribution >= 4 is 28.9 Å². The van der Waals surface area contributed by atoms with E-state index in [0.29, 0.717) is 11.7 Å². The molecule has 7 heteroatoms. The van der Waals surface area contributed by atoms with E-state index in [1.54, 1.807) is 17.5 Å². The lowest BCUT2D eigenvalue weighted by Gasteiger charge is -2.13. The summed E-state index contributed by atoms with van der Waals surface area (Å²) in [5, 5.41) is 10.4. The highest BCUT2D eigenvalue weighted by atomic mass is 35.5. The summed E-state index contributed by atoms with van der Waals surface area (Å²) in [7, 11) is 0. The maximum Gasteiger partial charge on any atom is 0.191 e. The minimum atomic E-state index is 0.0853. The third-order valence-corrected chi connectivity index (χ3v) is 4.97. The number of aliphatic imine (C=N–C) groups is 1. The van der Waals surface area contributed by atoms with Crippen molar-refractivity contribution in [1.29, 1.82) is 0 Å². The molecule has 0 radical (unpaired) electrons. The number of rotatable bonds is 6. The largest absolute Gasteiger partial charge is 0.357 e. The fourth-order valence-corrected chi connectivity index (χ4v) is 3.12. The Morgan fingerprint density at radius 2 is 2.08 bits per heavy atom. The van der Waals surface area contributed by atoms with Crippen LogP contribution in [0.4, 0.5) is 0 Å². The summed E-state index contributed by atoms with van der Waals surface area (Å²) in [5.74, 6) is 0.801. The van der Waals surface area contributed by atoms with Gasteiger partial charge in [-0.25, -0.2) is 15.0 Å². The Morgan fingerprint density at radius 3 is 2.68 bits per heavy atom. The number of aromatic nitrogens is 2. The molecule has 0 bridgehead atoms. The van der Waals surface area contributed by atoms with Crippen LogP contribution < -0.4 is 10.6 Å². The van der Waals surface area contributed by atoms with E-state index in [2.05, 4.69) is 58.7 Å². The summed E-state index contributed by atoms with van der Waals surface area (Å²) in [6.07, 6.45) is 2.66. The fraction of sp³-hybridized carbons (Fsp3) is 0.500. The normalized spacial score (nSPS) is 12.3. The Hall–Kier alpha value is -1.66. The van der Waals surface area contributed by atoms with Crippen LogP contribution >= 0.6 is 22.9 Å². The van der Waals surface area contributed by atoms with E-state index in [-0.39, 0.29) is 5.41 Å². The minimum absolute atomic E-state index is 0.0853. The molecule has 0 aliphatic carbocycles. The van der Waals surface area contributed by atoms with E-state index < -0.39 is 0 Å². The number of hydrogen-bond donors (Lipinski definition) is 2. The summed E-state index contributed by atoms with van der Waals surface area (Å²) in [5.41, 5.74) is 2.23. The zero-order chi connectivity index (χ0) is 18.3. The third-order valence-electron chi connectivity index (χ3n) is 3.43. The Balaban J connectivity index is 1.89. The quantitative estimate of drug-likeness (QED) is 0.455. The van der Waals surface area contributed by atoms with Crippen LogP contribution in [0.25, 0.3) is 0 Å². The lowest BCUT2D eigenvalue weighted by molar-refractivity contribution is 0.583. The first-order chi connectivity index (χ1) is 11.9. The molecule has 2 aromatic heterocycles. The molecule has 2 N–H and O–H groups in total. The Bertz CT molecular complexity index is 688. The molecule has 5 nitrogen and oxygen atoms in total. The van der Waals surface area contributed by atoms with Crippen molar-refractivity contribution in [3.8, 4) is 0 Å². The van der Waals surface area contributed by atoms with Gasteiger partial charge in [0.1, 0.15) is 5.15 Å². The van der Waals surface area contributed by atoms with Crippen LogP contribution in [0, 0.1) is 0 Å². The zero-order valence-electron chi connectivity index (χ0n) is 15.3. The van der Waals surface area contributed by atoms with Gasteiger partial charge in [0.25, 0.3) is 0 Å². The first-order valence-corrected chi connectivity index (χ1v) is 9.71. The average molecular weight is 380 g/mol. The van der Waals surface area contributed by atoms with E-state index in [0.717, 1.165) is 41.7 Å². The Kier molecular flexibility index (Phi) is 7.20. The fourth-order valence-electron chi connectivity index (χ4n) is 2.11. The highest BCUT2D eigenvalue weighted by Crippen LogP contribution is 2.25. The highest BCUT2D eigenvalue weighted by molar-refractivity contribution is 7.09. The van der Waals surface area contributed by atoms with Crippen LogP contribution in [-0.4, -0.2) is 29.0 Å². The number of thiazole rings is 1. The van der Waals surface area contributed by atoms with Gasteiger partial charge in [-0.1, -0.05) is 38.4 Å². The Labute approximate surface area is 159 Å². The summed E-state index contributed by atoms with van der Waals surface area (Å²) >= 11 is 7.50. The van der Waals surface area contributed by atoms with E-state index in [4.69, 9.17) is 11.6 Å². The molecule has 0 fully saturated rings. The van der Waals surface area contributed by atoms with Crippen molar-refractivity contribution in [2.45, 2.75) is 46.1 Å². The molecule has 2 heterocycles. The molecule has 2 aromatic rings. The van der Waals surface area contributed by atoms with Crippen molar-refractivity contribution in [2.75, 3.05) is 13.1 Å². The van der Waals surface area contributed by atoms with Crippen LogP contribution in [0.15, 0.2) is 28.7 Å². The average Bonchev–Trinajstić information content (AvgIpc) is 3.04. The molecule has 25 heavy (non-hydrogen) atoms. The predicted molar refractivity (Wildman–Crippen MR) is 107 cm³/mol. The molecular weight excluding hydrogens is 354 g/mol. The molecule has 0 aliphatic rings. The predicted octanol–water partition coefficient (Wildman–Crippen LogP) is 3.79. The molecule has 0 saturated heterocycles. The van der Waals surface area contributed by atoms with Crippen molar-refractivity contribution in [2.24, 2.45) is 4.99 Å². The second-order valence-corrected chi connectivity index (χ2v) is 8.00. The van der Waals surface area contributed by atoms with Crippen molar-refractivity contribution < 1.29 is 0 Å². The molecule has 0 spiro atoms. The van der Waals surface area contributed by atoms with Crippen LogP contribution in [0.3, 0.4) is 0 Å². The van der Waals surface area contributed by atoms with Crippen molar-refractivity contribution in [3.63, 3.8) is 0 Å². The van der Waals surface area contributed by atoms with Crippen LogP contribution in [0.5, 0.6) is 0 Å². The lowest BCUT2D eigenvalue weighted by Crippen LogP contribution is -2.38. The zero-order valence-corrected chi connectivity index (χ0v) is 16.8. The van der Waals surface area contributed by atoms with Gasteiger partial charge in [0.2, 0.25) is 0 Å². The van der Waals surface area contributed by atoms with Crippen LogP contribution in [-0.2, 0) is 18.4 Å². The second-order valence-electron chi connectivity index (χ2n) is 6.76. The van der Waals surface area contributed by atoms with Crippen LogP contribution in [0.1, 0.15) is 44.0 Å². The monoisotopic (exact) mass is 379 g/mol. The number of nitrogens with zero attached hydrogens (tertiary/aromatic N) is 3. The van der Waals surface area contributed by atoms with E-state index in [9.17, 15) is 0 Å². The molecular formula is C18H26ClN5S. The van der Waals surface area contributed by atoms with Gasteiger partial charge in [0.15, 0.2) is 5.96 Å². The molecule has 2 rings (SSSR count). The van der Waals surface area contributed by atoms with Gasteiger partial charge in [-0.05, 0) is 25.0 Å². The summed E-state index contributed by atoms with van der Waals surface area (Å²) in [6, 6.07) is 3.80. The SMILES string of the molecule is CCNC(=NCc1csc(C(C)(C)C)n1)NCCc1ccc(Cl)nc1. The van der Waals surface area contributed by atoms with Gasteiger partial charge < -0.3 is 10.6 Å². The molecule has 0 aromatic carbocycles. The number of guanidine groups is 1. The van der Waals surface area contributed by atoms with Crippen molar-refractivity contribution in [1.82, 2.24) is 20.6 Å². The standard InChI is InChI=1S/C18H26ClN5S/c1-5-20-17(21-9-8-13-6-7-15(19)22-10-13)23-11-14-12-25-16(24-14)18(2,3)4/h6-7,10,12H,5,8-9,11H2,1-4H3,(H2,20,21,23). The van der Waals surface area contributed by atoms with E-state index in [1.165, 1.54) is 0 Å². The molecule has 0 atom stereocenters. The van der Waals surface area contributed by atoms with Gasteiger partial charge in [-0.15, -0.1) is 11.3 Å². The van der Waals surface area contributed by atoms with E-state index >= 15 is 0 Å². The van der Waals surface area contributed by atoms with Gasteiger partial charge in [0, 0.05) is 30.1 Å². The first kappa shape index (κ1) is 19.7. The maximum absolute atomic E-state index is 5.81. The van der Waals surface area contributed by atoms with Gasteiger partial charge in [0.05, 0.1) is 17.2 Å². The molecule has 136 valence electrons.